The summed E-state index contributed by atoms with van der Waals surface area (Å²) in [7, 11) is 0. The van der Waals surface area contributed by atoms with Crippen LogP contribution in [0.2, 0.25) is 5.02 Å². The zero-order chi connectivity index (χ0) is 14.1. The third kappa shape index (κ3) is 2.19. The van der Waals surface area contributed by atoms with Gasteiger partial charge in [0, 0.05) is 0 Å². The molecule has 0 aliphatic carbocycles. The van der Waals surface area contributed by atoms with Crippen LogP contribution in [0, 0.1) is 0 Å². The van der Waals surface area contributed by atoms with Crippen LogP contribution in [0.4, 0.5) is 0 Å². The number of carboxylic acids is 1. The molecule has 5 nitrogen and oxygen atoms in total. The maximum absolute atomic E-state index is 11.2. The first-order chi connectivity index (χ1) is 9.66. The van der Waals surface area contributed by atoms with Crippen molar-refractivity contribution in [2.75, 3.05) is 0 Å². The third-order valence-corrected chi connectivity index (χ3v) is 3.95. The van der Waals surface area contributed by atoms with Gasteiger partial charge in [-0.3, -0.25) is 0 Å². The highest BCUT2D eigenvalue weighted by Gasteiger charge is 2.18. The van der Waals surface area contributed by atoms with Crippen LogP contribution in [0.15, 0.2) is 40.1 Å². The zero-order valence-electron chi connectivity index (χ0n) is 9.91. The average Bonchev–Trinajstić information content (AvgIpc) is 3.07. The minimum Gasteiger partial charge on any atom is -0.478 e. The molecule has 2 aromatic heterocycles. The lowest BCUT2D eigenvalue weighted by molar-refractivity contribution is 0.0697. The Morgan fingerprint density at radius 1 is 1.20 bits per heavy atom. The van der Waals surface area contributed by atoms with Crippen molar-refractivity contribution < 1.29 is 14.3 Å². The summed E-state index contributed by atoms with van der Waals surface area (Å²) in [5.74, 6) is -0.614. The highest BCUT2D eigenvalue weighted by atomic mass is 35.5. The van der Waals surface area contributed by atoms with E-state index in [1.165, 1.54) is 17.4 Å². The fourth-order valence-corrected chi connectivity index (χ4v) is 2.78. The van der Waals surface area contributed by atoms with Crippen LogP contribution in [0.5, 0.6) is 0 Å². The lowest BCUT2D eigenvalue weighted by Crippen LogP contribution is -1.98. The molecule has 0 unspecified atom stereocenters. The number of carboxylic acid groups (broad SMARTS) is 1. The number of hydrogen-bond donors (Lipinski definition) is 1. The Morgan fingerprint density at radius 2 is 1.95 bits per heavy atom. The first-order valence-corrected chi connectivity index (χ1v) is 6.82. The summed E-state index contributed by atoms with van der Waals surface area (Å²) in [6.07, 6.45) is 0. The molecular formula is C13H7ClN2O3S. The molecule has 0 aliphatic heterocycles. The smallest absolute Gasteiger partial charge is 0.336 e. The van der Waals surface area contributed by atoms with Crippen LogP contribution in [-0.2, 0) is 0 Å². The Labute approximate surface area is 122 Å². The van der Waals surface area contributed by atoms with E-state index >= 15 is 0 Å². The summed E-state index contributed by atoms with van der Waals surface area (Å²) in [6.45, 7) is 0. The molecule has 0 spiro atoms. The van der Waals surface area contributed by atoms with E-state index in [2.05, 4.69) is 10.2 Å². The molecule has 1 aromatic carbocycles. The molecule has 0 fully saturated rings. The predicted octanol–water partition coefficient (Wildman–Crippen LogP) is 3.82. The maximum Gasteiger partial charge on any atom is 0.336 e. The van der Waals surface area contributed by atoms with Gasteiger partial charge in [0.05, 0.1) is 16.1 Å². The van der Waals surface area contributed by atoms with E-state index in [0.717, 1.165) is 0 Å². The van der Waals surface area contributed by atoms with Crippen molar-refractivity contribution in [3.8, 4) is 22.2 Å². The van der Waals surface area contributed by atoms with Crippen LogP contribution in [0.1, 0.15) is 10.4 Å². The molecule has 20 heavy (non-hydrogen) atoms. The van der Waals surface area contributed by atoms with E-state index in [1.54, 1.807) is 24.3 Å². The minimum absolute atomic E-state index is 0.111. The first kappa shape index (κ1) is 12.8. The van der Waals surface area contributed by atoms with E-state index in [1.807, 2.05) is 5.38 Å². The Kier molecular flexibility index (Phi) is 3.25. The van der Waals surface area contributed by atoms with Crippen molar-refractivity contribution in [3.05, 3.63) is 46.3 Å². The second-order valence-electron chi connectivity index (χ2n) is 3.86. The molecule has 0 bridgehead atoms. The normalized spacial score (nSPS) is 10.7. The Balaban J connectivity index is 2.07. The lowest BCUT2D eigenvalue weighted by Gasteiger charge is -1.99. The molecule has 0 radical (unpaired) electrons. The number of rotatable bonds is 3. The topological polar surface area (TPSA) is 76.2 Å². The van der Waals surface area contributed by atoms with Gasteiger partial charge in [0.1, 0.15) is 4.88 Å². The second kappa shape index (κ2) is 5.07. The highest BCUT2D eigenvalue weighted by molar-refractivity contribution is 7.14. The van der Waals surface area contributed by atoms with Gasteiger partial charge in [-0.25, -0.2) is 4.79 Å². The van der Waals surface area contributed by atoms with Crippen molar-refractivity contribution in [1.29, 1.82) is 0 Å². The minimum atomic E-state index is -1.05. The van der Waals surface area contributed by atoms with Crippen molar-refractivity contribution in [2.45, 2.75) is 0 Å². The lowest BCUT2D eigenvalue weighted by atomic mass is 10.1. The van der Waals surface area contributed by atoms with Gasteiger partial charge in [0.25, 0.3) is 5.89 Å². The molecular weight excluding hydrogens is 300 g/mol. The molecule has 0 atom stereocenters. The Morgan fingerprint density at radius 3 is 2.65 bits per heavy atom. The number of benzene rings is 1. The summed E-state index contributed by atoms with van der Waals surface area (Å²) in [4.78, 5) is 11.8. The van der Waals surface area contributed by atoms with Gasteiger partial charge in [-0.05, 0) is 23.6 Å². The van der Waals surface area contributed by atoms with Gasteiger partial charge in [-0.2, -0.15) is 0 Å². The van der Waals surface area contributed by atoms with Gasteiger partial charge in [0.15, 0.2) is 0 Å². The van der Waals surface area contributed by atoms with Crippen LogP contribution < -0.4 is 0 Å². The molecule has 100 valence electrons. The number of aromatic carboxylic acids is 1. The standard InChI is InChI=1S/C13H7ClN2O3S/c14-9-5-6-20-10(9)12-16-15-11(19-12)7-3-1-2-4-8(7)13(17)18/h1-6H,(H,17,18). The molecule has 0 amide bonds. The molecule has 3 aromatic rings. The van der Waals surface area contributed by atoms with Crippen LogP contribution in [-0.4, -0.2) is 21.3 Å². The van der Waals surface area contributed by atoms with Crippen LogP contribution >= 0.6 is 22.9 Å². The van der Waals surface area contributed by atoms with Gasteiger partial charge in [-0.15, -0.1) is 21.5 Å². The third-order valence-electron chi connectivity index (χ3n) is 2.62. The monoisotopic (exact) mass is 306 g/mol. The van der Waals surface area contributed by atoms with E-state index in [9.17, 15) is 4.79 Å². The molecule has 3 rings (SSSR count). The Hall–Kier alpha value is -2.18. The molecule has 0 aliphatic rings. The van der Waals surface area contributed by atoms with Gasteiger partial charge >= 0.3 is 5.97 Å². The van der Waals surface area contributed by atoms with Crippen molar-refractivity contribution in [1.82, 2.24) is 10.2 Å². The maximum atomic E-state index is 11.2. The van der Waals surface area contributed by atoms with Gasteiger partial charge < -0.3 is 9.52 Å². The number of hydrogen-bond acceptors (Lipinski definition) is 5. The molecule has 7 heteroatoms. The number of nitrogens with zero attached hydrogens (tertiary/aromatic N) is 2. The number of thiophene rings is 1. The zero-order valence-corrected chi connectivity index (χ0v) is 11.5. The van der Waals surface area contributed by atoms with Gasteiger partial charge in [-0.1, -0.05) is 23.7 Å². The Bertz CT molecular complexity index is 781. The van der Waals surface area contributed by atoms with E-state index in [-0.39, 0.29) is 17.3 Å². The molecule has 2 heterocycles. The summed E-state index contributed by atoms with van der Waals surface area (Å²) >= 11 is 7.38. The number of aromatic nitrogens is 2. The second-order valence-corrected chi connectivity index (χ2v) is 5.18. The van der Waals surface area contributed by atoms with E-state index in [4.69, 9.17) is 21.1 Å². The quantitative estimate of drug-likeness (QED) is 0.796. The highest BCUT2D eigenvalue weighted by Crippen LogP contribution is 2.34. The summed E-state index contributed by atoms with van der Waals surface area (Å²) in [5.41, 5.74) is 0.492. The van der Waals surface area contributed by atoms with Crippen molar-refractivity contribution in [2.24, 2.45) is 0 Å². The number of halogens is 1. The van der Waals surface area contributed by atoms with Crippen molar-refractivity contribution in [3.63, 3.8) is 0 Å². The fourth-order valence-electron chi connectivity index (χ4n) is 1.73. The van der Waals surface area contributed by atoms with Gasteiger partial charge in [0.2, 0.25) is 5.89 Å². The van der Waals surface area contributed by atoms with E-state index in [0.29, 0.717) is 15.5 Å². The predicted molar refractivity (Wildman–Crippen MR) is 75.0 cm³/mol. The summed E-state index contributed by atoms with van der Waals surface area (Å²) in [6, 6.07) is 8.19. The SMILES string of the molecule is O=C(O)c1ccccc1-c1nnc(-c2sccc2Cl)o1. The number of carbonyl (C=O) groups is 1. The van der Waals surface area contributed by atoms with Crippen molar-refractivity contribution >= 4 is 28.9 Å². The molecule has 1 N–H and O–H groups in total. The summed E-state index contributed by atoms with van der Waals surface area (Å²) < 4.78 is 5.53. The molecule has 0 saturated carbocycles. The van der Waals surface area contributed by atoms with Crippen LogP contribution in [0.3, 0.4) is 0 Å². The molecule has 0 saturated heterocycles. The fraction of sp³-hybridized carbons (Fsp3) is 0. The average molecular weight is 307 g/mol. The largest absolute Gasteiger partial charge is 0.478 e. The first-order valence-electron chi connectivity index (χ1n) is 5.56. The van der Waals surface area contributed by atoms with E-state index < -0.39 is 5.97 Å². The van der Waals surface area contributed by atoms with Crippen LogP contribution in [0.25, 0.3) is 22.2 Å². The summed E-state index contributed by atoms with van der Waals surface area (Å²) in [5, 5.41) is 19.3.